The molecule has 0 aliphatic rings. The fourth-order valence-corrected chi connectivity index (χ4v) is 3.87. The third-order valence-electron chi connectivity index (χ3n) is 4.30. The summed E-state index contributed by atoms with van der Waals surface area (Å²) in [6, 6.07) is 10.2. The fourth-order valence-electron chi connectivity index (χ4n) is 2.71. The SMILES string of the molecule is C=C(NCC(=O)/C=C\CC)c1sc(CCc2ccc(OC)cc2)cc1C(C)=N.CC. The molecule has 1 aromatic carbocycles. The van der Waals surface area contributed by atoms with Crippen LogP contribution in [-0.2, 0) is 17.6 Å². The summed E-state index contributed by atoms with van der Waals surface area (Å²) in [4.78, 5) is 14.0. The monoisotopic (exact) mass is 426 g/mol. The number of methoxy groups -OCH3 is 1. The Morgan fingerprint density at radius 1 is 1.23 bits per heavy atom. The number of carbonyl (C=O) groups excluding carboxylic acids is 1. The van der Waals surface area contributed by atoms with Crippen molar-refractivity contribution >= 4 is 28.5 Å². The summed E-state index contributed by atoms with van der Waals surface area (Å²) in [6.07, 6.45) is 6.09. The molecule has 0 aliphatic carbocycles. The molecule has 2 N–H and O–H groups in total. The number of ketones is 1. The van der Waals surface area contributed by atoms with Crippen molar-refractivity contribution in [2.45, 2.75) is 47.0 Å². The van der Waals surface area contributed by atoms with Crippen LogP contribution in [-0.4, -0.2) is 25.1 Å². The summed E-state index contributed by atoms with van der Waals surface area (Å²) in [6.45, 7) is 12.1. The first-order valence-corrected chi connectivity index (χ1v) is 11.2. The fraction of sp³-hybridized carbons (Fsp3) is 0.360. The predicted molar refractivity (Wildman–Crippen MR) is 130 cm³/mol. The summed E-state index contributed by atoms with van der Waals surface area (Å²) in [5.41, 5.74) is 3.32. The van der Waals surface area contributed by atoms with Crippen LogP contribution in [0.3, 0.4) is 0 Å². The smallest absolute Gasteiger partial charge is 0.174 e. The van der Waals surface area contributed by atoms with E-state index in [1.54, 1.807) is 31.4 Å². The largest absolute Gasteiger partial charge is 0.497 e. The van der Waals surface area contributed by atoms with E-state index in [1.807, 2.05) is 39.0 Å². The average Bonchev–Trinajstić information content (AvgIpc) is 3.21. The van der Waals surface area contributed by atoms with Crippen molar-refractivity contribution in [3.8, 4) is 5.75 Å². The lowest BCUT2D eigenvalue weighted by Crippen LogP contribution is -2.20. The lowest BCUT2D eigenvalue weighted by atomic mass is 10.1. The van der Waals surface area contributed by atoms with Crippen LogP contribution in [0.4, 0.5) is 0 Å². The number of aryl methyl sites for hydroxylation is 2. The Bertz CT molecular complexity index is 864. The Morgan fingerprint density at radius 3 is 2.47 bits per heavy atom. The zero-order valence-electron chi connectivity index (χ0n) is 18.8. The molecule has 0 saturated heterocycles. The molecule has 0 radical (unpaired) electrons. The molecule has 0 amide bonds. The van der Waals surface area contributed by atoms with E-state index in [1.165, 1.54) is 10.4 Å². The third-order valence-corrected chi connectivity index (χ3v) is 5.55. The van der Waals surface area contributed by atoms with Crippen molar-refractivity contribution in [3.63, 3.8) is 0 Å². The van der Waals surface area contributed by atoms with Crippen molar-refractivity contribution < 1.29 is 9.53 Å². The van der Waals surface area contributed by atoms with Crippen LogP contribution < -0.4 is 10.1 Å². The van der Waals surface area contributed by atoms with Crippen molar-refractivity contribution in [1.29, 1.82) is 5.41 Å². The molecule has 2 aromatic rings. The van der Waals surface area contributed by atoms with E-state index in [2.05, 4.69) is 30.1 Å². The van der Waals surface area contributed by atoms with Crippen LogP contribution in [0.25, 0.3) is 5.70 Å². The van der Waals surface area contributed by atoms with Crippen molar-refractivity contribution in [1.82, 2.24) is 5.32 Å². The highest BCUT2D eigenvalue weighted by atomic mass is 32.1. The first-order chi connectivity index (χ1) is 14.4. The highest BCUT2D eigenvalue weighted by molar-refractivity contribution is 7.13. The Morgan fingerprint density at radius 2 is 1.90 bits per heavy atom. The van der Waals surface area contributed by atoms with E-state index >= 15 is 0 Å². The van der Waals surface area contributed by atoms with Gasteiger partial charge in [-0.15, -0.1) is 11.3 Å². The highest BCUT2D eigenvalue weighted by Gasteiger charge is 2.14. The molecule has 0 fully saturated rings. The van der Waals surface area contributed by atoms with E-state index < -0.39 is 0 Å². The molecule has 1 aromatic heterocycles. The van der Waals surface area contributed by atoms with Gasteiger partial charge in [-0.3, -0.25) is 4.79 Å². The van der Waals surface area contributed by atoms with E-state index in [0.29, 0.717) is 11.4 Å². The third kappa shape index (κ3) is 7.99. The molecular weight excluding hydrogens is 392 g/mol. The van der Waals surface area contributed by atoms with Crippen LogP contribution in [0, 0.1) is 5.41 Å². The van der Waals surface area contributed by atoms with Gasteiger partial charge >= 0.3 is 0 Å². The minimum absolute atomic E-state index is 0.0208. The lowest BCUT2D eigenvalue weighted by Gasteiger charge is -2.08. The molecule has 0 bridgehead atoms. The number of nitrogens with one attached hydrogen (secondary N) is 2. The summed E-state index contributed by atoms with van der Waals surface area (Å²) >= 11 is 1.64. The molecule has 0 aliphatic heterocycles. The van der Waals surface area contributed by atoms with E-state index in [0.717, 1.165) is 35.5 Å². The van der Waals surface area contributed by atoms with Crippen LogP contribution >= 0.6 is 11.3 Å². The van der Waals surface area contributed by atoms with Crippen LogP contribution in [0.5, 0.6) is 5.75 Å². The molecule has 0 saturated carbocycles. The van der Waals surface area contributed by atoms with Gasteiger partial charge in [0.1, 0.15) is 5.75 Å². The normalized spacial score (nSPS) is 10.3. The quantitative estimate of drug-likeness (QED) is 0.339. The second-order valence-electron chi connectivity index (χ2n) is 6.54. The number of ether oxygens (including phenoxy) is 1. The first kappa shape index (κ1) is 25.4. The Labute approximate surface area is 185 Å². The van der Waals surface area contributed by atoms with Crippen molar-refractivity contribution in [3.05, 3.63) is 69.9 Å². The number of allylic oxidation sites excluding steroid dienone is 1. The number of benzene rings is 1. The van der Waals surface area contributed by atoms with Crippen molar-refractivity contribution in [2.24, 2.45) is 0 Å². The maximum absolute atomic E-state index is 11.8. The van der Waals surface area contributed by atoms with Gasteiger partial charge < -0.3 is 15.5 Å². The van der Waals surface area contributed by atoms with E-state index in [-0.39, 0.29) is 12.3 Å². The van der Waals surface area contributed by atoms with Crippen LogP contribution in [0.2, 0.25) is 0 Å². The predicted octanol–water partition coefficient (Wildman–Crippen LogP) is 6.05. The summed E-state index contributed by atoms with van der Waals surface area (Å²) in [5, 5.41) is 11.2. The van der Waals surface area contributed by atoms with Gasteiger partial charge in [0, 0.05) is 21.8 Å². The zero-order valence-corrected chi connectivity index (χ0v) is 19.6. The van der Waals surface area contributed by atoms with Crippen LogP contribution in [0.1, 0.15) is 55.0 Å². The minimum Gasteiger partial charge on any atom is -0.497 e. The number of thiophene rings is 1. The Balaban J connectivity index is 0.00000218. The topological polar surface area (TPSA) is 62.2 Å². The zero-order chi connectivity index (χ0) is 22.5. The van der Waals surface area contributed by atoms with Gasteiger partial charge in [-0.2, -0.15) is 0 Å². The van der Waals surface area contributed by atoms with Gasteiger partial charge in [0.15, 0.2) is 5.78 Å². The second-order valence-corrected chi connectivity index (χ2v) is 7.67. The Hall–Kier alpha value is -2.66. The molecule has 162 valence electrons. The van der Waals surface area contributed by atoms with Gasteiger partial charge in [-0.05, 0) is 56.0 Å². The van der Waals surface area contributed by atoms with E-state index in [9.17, 15) is 4.79 Å². The first-order valence-electron chi connectivity index (χ1n) is 10.4. The second kappa shape index (κ2) is 13.5. The Kier molecular flexibility index (Phi) is 11.5. The van der Waals surface area contributed by atoms with Crippen molar-refractivity contribution in [2.75, 3.05) is 13.7 Å². The van der Waals surface area contributed by atoms with E-state index in [4.69, 9.17) is 10.1 Å². The van der Waals surface area contributed by atoms with Crippen LogP contribution in [0.15, 0.2) is 49.1 Å². The molecule has 4 nitrogen and oxygen atoms in total. The number of hydrogen-bond donors (Lipinski definition) is 2. The average molecular weight is 427 g/mol. The molecule has 2 rings (SSSR count). The van der Waals surface area contributed by atoms with Gasteiger partial charge in [-0.1, -0.05) is 45.6 Å². The molecule has 0 spiro atoms. The number of carbonyl (C=O) groups is 1. The van der Waals surface area contributed by atoms with Gasteiger partial charge in [0.2, 0.25) is 0 Å². The summed E-state index contributed by atoms with van der Waals surface area (Å²) < 4.78 is 5.20. The standard InChI is InChI=1S/C23H28N2O2S.C2H6/c1-5-6-7-19(26)15-25-17(3)23-22(16(2)24)14-21(28-23)13-10-18-8-11-20(27-4)12-9-18;1-2/h6-9,11-12,14,24-25H,3,5,10,13,15H2,1-2,4H3;1-2H3/b7-6-,24-16?;. The lowest BCUT2D eigenvalue weighted by molar-refractivity contribution is -0.113. The van der Waals surface area contributed by atoms with Gasteiger partial charge in [-0.25, -0.2) is 0 Å². The summed E-state index contributed by atoms with van der Waals surface area (Å²) in [7, 11) is 1.66. The molecule has 5 heteroatoms. The molecule has 1 heterocycles. The maximum Gasteiger partial charge on any atom is 0.174 e. The molecular formula is C25H34N2O2S. The molecule has 0 atom stereocenters. The van der Waals surface area contributed by atoms with Gasteiger partial charge in [0.25, 0.3) is 0 Å². The highest BCUT2D eigenvalue weighted by Crippen LogP contribution is 2.29. The summed E-state index contributed by atoms with van der Waals surface area (Å²) in [5.74, 6) is 0.877. The molecule has 30 heavy (non-hydrogen) atoms. The maximum atomic E-state index is 11.8. The number of rotatable bonds is 11. The minimum atomic E-state index is 0.0208. The number of hydrogen-bond acceptors (Lipinski definition) is 5. The van der Waals surface area contributed by atoms with Gasteiger partial charge in [0.05, 0.1) is 18.5 Å². The molecule has 0 unspecified atom stereocenters.